The summed E-state index contributed by atoms with van der Waals surface area (Å²) in [5, 5.41) is 24.1. The lowest BCUT2D eigenvalue weighted by atomic mass is 10.1. The molecule has 3 aromatic rings. The molecular weight excluding hydrogens is 446 g/mol. The van der Waals surface area contributed by atoms with Crippen LogP contribution in [0.2, 0.25) is 0 Å². The fraction of sp³-hybridized carbons (Fsp3) is 0.308. The minimum absolute atomic E-state index is 0.0387. The van der Waals surface area contributed by atoms with Crippen LogP contribution < -0.4 is 10.2 Å². The first kappa shape index (κ1) is 23.8. The number of nitriles is 1. The van der Waals surface area contributed by atoms with Crippen LogP contribution in [0.3, 0.4) is 0 Å². The number of nitro benzene ring substituents is 1. The largest absolute Gasteiger partial charge is 0.467 e. The second-order valence-corrected chi connectivity index (χ2v) is 8.57. The first-order chi connectivity index (χ1) is 16.9. The third kappa shape index (κ3) is 5.11. The number of piperidine rings is 1. The van der Waals surface area contributed by atoms with Gasteiger partial charge in [-0.1, -0.05) is 0 Å². The molecule has 0 spiro atoms. The number of aromatic nitrogens is 1. The summed E-state index contributed by atoms with van der Waals surface area (Å²) < 4.78 is 7.10. The van der Waals surface area contributed by atoms with Crippen molar-refractivity contribution in [3.8, 4) is 11.8 Å². The predicted molar refractivity (Wildman–Crippen MR) is 132 cm³/mol. The molecular formula is C26H27N5O4. The molecule has 1 saturated heterocycles. The van der Waals surface area contributed by atoms with E-state index in [1.807, 2.05) is 42.7 Å². The molecule has 1 amide bonds. The molecule has 180 valence electrons. The van der Waals surface area contributed by atoms with Gasteiger partial charge in [0.2, 0.25) is 0 Å². The van der Waals surface area contributed by atoms with Gasteiger partial charge in [-0.05, 0) is 75.1 Å². The summed E-state index contributed by atoms with van der Waals surface area (Å²) in [7, 11) is 0. The van der Waals surface area contributed by atoms with Crippen molar-refractivity contribution in [3.05, 3.63) is 81.1 Å². The van der Waals surface area contributed by atoms with Crippen LogP contribution in [0.4, 0.5) is 11.4 Å². The predicted octanol–water partition coefficient (Wildman–Crippen LogP) is 4.81. The Morgan fingerprint density at radius 2 is 2.00 bits per heavy atom. The second-order valence-electron chi connectivity index (χ2n) is 8.57. The Hall–Kier alpha value is -4.32. The van der Waals surface area contributed by atoms with Crippen LogP contribution in [0.1, 0.15) is 42.0 Å². The number of nitrogens with one attached hydrogen (secondary N) is 1. The lowest BCUT2D eigenvalue weighted by molar-refractivity contribution is -0.384. The number of hydrogen-bond acceptors (Lipinski definition) is 6. The SMILES string of the molecule is Cc1cc(/C=C(\C#N)C(=O)NCc2ccco2)c(C)n1-c1ccc(N2CCCCC2)c([N+](=O)[O-])c1. The minimum atomic E-state index is -0.504. The maximum absolute atomic E-state index is 12.5. The van der Waals surface area contributed by atoms with E-state index in [2.05, 4.69) is 10.2 Å². The van der Waals surface area contributed by atoms with Gasteiger partial charge in [0.15, 0.2) is 0 Å². The molecule has 0 atom stereocenters. The topological polar surface area (TPSA) is 117 Å². The third-order valence-electron chi connectivity index (χ3n) is 6.25. The molecule has 3 heterocycles. The zero-order valence-corrected chi connectivity index (χ0v) is 19.8. The number of carbonyl (C=O) groups excluding carboxylic acids is 1. The Labute approximate surface area is 203 Å². The van der Waals surface area contributed by atoms with Crippen LogP contribution in [0.5, 0.6) is 0 Å². The highest BCUT2D eigenvalue weighted by atomic mass is 16.6. The van der Waals surface area contributed by atoms with Gasteiger partial charge < -0.3 is 19.2 Å². The first-order valence-corrected chi connectivity index (χ1v) is 11.5. The molecule has 0 saturated carbocycles. The standard InChI is InChI=1S/C26H27N5O4/c1-18-13-20(14-21(16-27)26(32)28-17-23-7-6-12-35-23)19(2)30(18)22-8-9-24(25(15-22)31(33)34)29-10-4-3-5-11-29/h6-9,12-15H,3-5,10-11,17H2,1-2H3,(H,28,32)/b21-14+. The fourth-order valence-corrected chi connectivity index (χ4v) is 4.51. The third-order valence-corrected chi connectivity index (χ3v) is 6.25. The van der Waals surface area contributed by atoms with Gasteiger partial charge in [0.05, 0.1) is 23.4 Å². The number of hydrogen-bond donors (Lipinski definition) is 1. The average molecular weight is 474 g/mol. The van der Waals surface area contributed by atoms with E-state index in [-0.39, 0.29) is 22.7 Å². The van der Waals surface area contributed by atoms with Crippen LogP contribution in [-0.2, 0) is 11.3 Å². The van der Waals surface area contributed by atoms with Crippen molar-refractivity contribution >= 4 is 23.4 Å². The summed E-state index contributed by atoms with van der Waals surface area (Å²) in [6, 6.07) is 12.6. The molecule has 0 unspecified atom stereocenters. The molecule has 1 aliphatic heterocycles. The number of rotatable bonds is 7. The molecule has 2 aromatic heterocycles. The van der Waals surface area contributed by atoms with Crippen molar-refractivity contribution in [3.63, 3.8) is 0 Å². The molecule has 9 nitrogen and oxygen atoms in total. The van der Waals surface area contributed by atoms with Crippen LogP contribution in [0.25, 0.3) is 11.8 Å². The summed E-state index contributed by atoms with van der Waals surface area (Å²) in [4.78, 5) is 26.2. The number of benzene rings is 1. The smallest absolute Gasteiger partial charge is 0.294 e. The lowest BCUT2D eigenvalue weighted by Crippen LogP contribution is -2.30. The maximum Gasteiger partial charge on any atom is 0.294 e. The van der Waals surface area contributed by atoms with Crippen molar-refractivity contribution in [2.24, 2.45) is 0 Å². The summed E-state index contributed by atoms with van der Waals surface area (Å²) >= 11 is 0. The number of aryl methyl sites for hydroxylation is 1. The van der Waals surface area contributed by atoms with Gasteiger partial charge >= 0.3 is 0 Å². The van der Waals surface area contributed by atoms with Gasteiger partial charge in [0.1, 0.15) is 23.1 Å². The van der Waals surface area contributed by atoms with E-state index in [1.54, 1.807) is 18.2 Å². The van der Waals surface area contributed by atoms with Gasteiger partial charge in [-0.25, -0.2) is 0 Å². The monoisotopic (exact) mass is 473 g/mol. The van der Waals surface area contributed by atoms with Gasteiger partial charge in [0, 0.05) is 30.5 Å². The summed E-state index contributed by atoms with van der Waals surface area (Å²) in [6.45, 7) is 5.55. The molecule has 1 aromatic carbocycles. The van der Waals surface area contributed by atoms with Gasteiger partial charge in [-0.2, -0.15) is 5.26 Å². The van der Waals surface area contributed by atoms with Crippen molar-refractivity contribution in [2.75, 3.05) is 18.0 Å². The van der Waals surface area contributed by atoms with Gasteiger partial charge in [-0.3, -0.25) is 14.9 Å². The Morgan fingerprint density at radius 1 is 1.23 bits per heavy atom. The number of anilines is 1. The Morgan fingerprint density at radius 3 is 2.66 bits per heavy atom. The van der Waals surface area contributed by atoms with E-state index in [9.17, 15) is 20.2 Å². The first-order valence-electron chi connectivity index (χ1n) is 11.5. The molecule has 0 aliphatic carbocycles. The average Bonchev–Trinajstić information content (AvgIpc) is 3.48. The van der Waals surface area contributed by atoms with Crippen LogP contribution in [0, 0.1) is 35.3 Å². The van der Waals surface area contributed by atoms with Crippen molar-refractivity contribution in [1.82, 2.24) is 9.88 Å². The number of carbonyl (C=O) groups is 1. The molecule has 35 heavy (non-hydrogen) atoms. The quantitative estimate of drug-likeness (QED) is 0.228. The van der Waals surface area contributed by atoms with E-state index < -0.39 is 5.91 Å². The fourth-order valence-electron chi connectivity index (χ4n) is 4.51. The minimum Gasteiger partial charge on any atom is -0.467 e. The summed E-state index contributed by atoms with van der Waals surface area (Å²) in [5.41, 5.74) is 3.63. The number of nitro groups is 1. The van der Waals surface area contributed by atoms with E-state index in [4.69, 9.17) is 4.42 Å². The van der Waals surface area contributed by atoms with E-state index in [1.165, 1.54) is 12.3 Å². The number of furan rings is 1. The Balaban J connectivity index is 1.63. The highest BCUT2D eigenvalue weighted by Crippen LogP contribution is 2.34. The van der Waals surface area contributed by atoms with E-state index >= 15 is 0 Å². The van der Waals surface area contributed by atoms with Crippen LogP contribution in [-0.4, -0.2) is 28.5 Å². The van der Waals surface area contributed by atoms with Crippen LogP contribution in [0.15, 0.2) is 52.7 Å². The zero-order valence-electron chi connectivity index (χ0n) is 19.8. The molecule has 4 rings (SSSR count). The van der Waals surface area contributed by atoms with Gasteiger partial charge in [0.25, 0.3) is 11.6 Å². The summed E-state index contributed by atoms with van der Waals surface area (Å²) in [5.74, 6) is 0.0821. The maximum atomic E-state index is 12.5. The number of nitrogens with zero attached hydrogens (tertiary/aromatic N) is 4. The molecule has 1 fully saturated rings. The van der Waals surface area contributed by atoms with Crippen molar-refractivity contribution in [1.29, 1.82) is 5.26 Å². The molecule has 1 aliphatic rings. The lowest BCUT2D eigenvalue weighted by Gasteiger charge is -2.28. The van der Waals surface area contributed by atoms with Crippen molar-refractivity contribution in [2.45, 2.75) is 39.7 Å². The molecule has 9 heteroatoms. The molecule has 0 radical (unpaired) electrons. The Kier molecular flexibility index (Phi) is 7.01. The van der Waals surface area contributed by atoms with Gasteiger partial charge in [-0.15, -0.1) is 0 Å². The highest BCUT2D eigenvalue weighted by molar-refractivity contribution is 6.01. The molecule has 1 N–H and O–H groups in total. The van der Waals surface area contributed by atoms with Crippen LogP contribution >= 0.6 is 0 Å². The normalized spacial score (nSPS) is 14.0. The Bertz CT molecular complexity index is 1310. The zero-order chi connectivity index (χ0) is 24.9. The summed E-state index contributed by atoms with van der Waals surface area (Å²) in [6.07, 6.45) is 6.25. The van der Waals surface area contributed by atoms with E-state index in [0.717, 1.165) is 43.7 Å². The number of amides is 1. The molecule has 0 bridgehead atoms. The highest BCUT2D eigenvalue weighted by Gasteiger charge is 2.23. The second kappa shape index (κ2) is 10.3. The van der Waals surface area contributed by atoms with Crippen molar-refractivity contribution < 1.29 is 14.1 Å². The van der Waals surface area contributed by atoms with E-state index in [0.29, 0.717) is 22.7 Å².